The molecule has 102 valence electrons. The van der Waals surface area contributed by atoms with Crippen LogP contribution in [0.4, 0.5) is 5.13 Å². The van der Waals surface area contributed by atoms with Crippen molar-refractivity contribution in [3.8, 4) is 0 Å². The Morgan fingerprint density at radius 3 is 3.10 bits per heavy atom. The average molecular weight is 304 g/mol. The number of carbonyl (C=O) groups excluding carboxylic acids is 1. The van der Waals surface area contributed by atoms with E-state index in [0.29, 0.717) is 11.0 Å². The van der Waals surface area contributed by atoms with Crippen molar-refractivity contribution in [2.24, 2.45) is 0 Å². The Hall–Kier alpha value is -1.73. The number of fused-ring (bicyclic) bond motifs is 1. The van der Waals surface area contributed by atoms with Crippen LogP contribution in [0.1, 0.15) is 30.1 Å². The molecule has 3 aromatic rings. The summed E-state index contributed by atoms with van der Waals surface area (Å²) in [5.41, 5.74) is 1.90. The smallest absolute Gasteiger partial charge is 0.232 e. The van der Waals surface area contributed by atoms with Gasteiger partial charge in [0.15, 0.2) is 10.1 Å². The molecule has 0 unspecified atom stereocenters. The zero-order chi connectivity index (χ0) is 13.5. The maximum Gasteiger partial charge on any atom is 0.232 e. The van der Waals surface area contributed by atoms with Gasteiger partial charge in [-0.1, -0.05) is 0 Å². The summed E-state index contributed by atoms with van der Waals surface area (Å²) in [4.78, 5) is 21.8. The van der Waals surface area contributed by atoms with Gasteiger partial charge >= 0.3 is 0 Å². The fourth-order valence-corrected chi connectivity index (χ4v) is 3.63. The van der Waals surface area contributed by atoms with E-state index in [1.54, 1.807) is 11.3 Å². The minimum absolute atomic E-state index is 0.0625. The average Bonchev–Trinajstić information content (AvgIpc) is 2.81. The quantitative estimate of drug-likeness (QED) is 0.806. The van der Waals surface area contributed by atoms with Gasteiger partial charge < -0.3 is 5.32 Å². The Balaban J connectivity index is 1.42. The molecule has 0 radical (unpaired) electrons. The first-order valence-corrected chi connectivity index (χ1v) is 8.20. The second-order valence-corrected chi connectivity index (χ2v) is 6.63. The van der Waals surface area contributed by atoms with Gasteiger partial charge in [0.1, 0.15) is 0 Å². The third-order valence-electron chi connectivity index (χ3n) is 3.25. The number of nitrogens with zero attached hydrogens (tertiary/aromatic N) is 3. The number of thiazole rings is 2. The van der Waals surface area contributed by atoms with Crippen LogP contribution >= 0.6 is 22.7 Å². The molecule has 0 saturated heterocycles. The first-order valence-electron chi connectivity index (χ1n) is 6.44. The molecule has 0 spiro atoms. The topological polar surface area (TPSA) is 59.3 Å². The lowest BCUT2D eigenvalue weighted by Crippen LogP contribution is -2.14. The predicted octanol–water partition coefficient (Wildman–Crippen LogP) is 2.91. The Bertz CT molecular complexity index is 740. The molecular weight excluding hydrogens is 292 g/mol. The van der Waals surface area contributed by atoms with E-state index in [9.17, 15) is 4.79 Å². The Morgan fingerprint density at radius 1 is 1.40 bits per heavy atom. The Labute approximate surface area is 123 Å². The number of hydrogen-bond donors (Lipinski definition) is 1. The molecule has 1 aliphatic rings. The number of anilines is 1. The Kier molecular flexibility index (Phi) is 2.82. The van der Waals surface area contributed by atoms with Gasteiger partial charge in [-0.05, 0) is 12.8 Å². The molecule has 4 rings (SSSR count). The van der Waals surface area contributed by atoms with Crippen molar-refractivity contribution in [3.63, 3.8) is 0 Å². The van der Waals surface area contributed by atoms with Gasteiger partial charge in [0.2, 0.25) is 5.91 Å². The summed E-state index contributed by atoms with van der Waals surface area (Å²) in [5, 5.41) is 7.56. The summed E-state index contributed by atoms with van der Waals surface area (Å²) in [6.45, 7) is 0. The number of rotatable bonds is 4. The number of carbonyl (C=O) groups is 1. The minimum Gasteiger partial charge on any atom is -0.302 e. The third-order valence-corrected chi connectivity index (χ3v) is 4.80. The van der Waals surface area contributed by atoms with E-state index >= 15 is 0 Å². The molecule has 1 aliphatic carbocycles. The highest BCUT2D eigenvalue weighted by molar-refractivity contribution is 7.15. The van der Waals surface area contributed by atoms with Crippen LogP contribution in [0, 0.1) is 0 Å². The van der Waals surface area contributed by atoms with Gasteiger partial charge in [-0.15, -0.1) is 22.7 Å². The minimum atomic E-state index is -0.0625. The van der Waals surface area contributed by atoms with E-state index in [1.807, 2.05) is 27.6 Å². The SMILES string of the molecule is O=C(Cc1cn2ccsc2n1)Nc1nc(C2CC2)cs1. The summed E-state index contributed by atoms with van der Waals surface area (Å²) in [7, 11) is 0. The van der Waals surface area contributed by atoms with Crippen molar-refractivity contribution in [3.05, 3.63) is 34.5 Å². The van der Waals surface area contributed by atoms with Gasteiger partial charge in [0.05, 0.1) is 17.8 Å². The molecule has 3 heterocycles. The van der Waals surface area contributed by atoms with Crippen molar-refractivity contribution >= 4 is 38.7 Å². The van der Waals surface area contributed by atoms with Crippen LogP contribution in [0.2, 0.25) is 0 Å². The molecule has 0 atom stereocenters. The molecule has 1 fully saturated rings. The third kappa shape index (κ3) is 2.34. The van der Waals surface area contributed by atoms with Crippen LogP contribution in [0.3, 0.4) is 0 Å². The highest BCUT2D eigenvalue weighted by Crippen LogP contribution is 2.40. The summed E-state index contributed by atoms with van der Waals surface area (Å²) in [5.74, 6) is 0.560. The summed E-state index contributed by atoms with van der Waals surface area (Å²) in [6.07, 6.45) is 6.57. The number of aromatic nitrogens is 3. The summed E-state index contributed by atoms with van der Waals surface area (Å²) < 4.78 is 1.93. The highest BCUT2D eigenvalue weighted by atomic mass is 32.1. The molecule has 5 nitrogen and oxygen atoms in total. The maximum absolute atomic E-state index is 12.0. The largest absolute Gasteiger partial charge is 0.302 e. The van der Waals surface area contributed by atoms with Gasteiger partial charge in [-0.25, -0.2) is 9.97 Å². The lowest BCUT2D eigenvalue weighted by atomic mass is 10.3. The van der Waals surface area contributed by atoms with Crippen molar-refractivity contribution in [2.45, 2.75) is 25.2 Å². The predicted molar refractivity (Wildman–Crippen MR) is 79.5 cm³/mol. The fourth-order valence-electron chi connectivity index (χ4n) is 2.10. The number of amides is 1. The van der Waals surface area contributed by atoms with Gasteiger partial charge in [-0.3, -0.25) is 9.20 Å². The van der Waals surface area contributed by atoms with Gasteiger partial charge in [0.25, 0.3) is 0 Å². The normalized spacial score (nSPS) is 14.8. The maximum atomic E-state index is 12.0. The first-order chi connectivity index (χ1) is 9.78. The van der Waals surface area contributed by atoms with Crippen LogP contribution in [0.25, 0.3) is 4.96 Å². The van der Waals surface area contributed by atoms with Crippen LogP contribution in [-0.4, -0.2) is 20.3 Å². The van der Waals surface area contributed by atoms with Crippen molar-refractivity contribution in [2.75, 3.05) is 5.32 Å². The molecule has 1 saturated carbocycles. The van der Waals surface area contributed by atoms with Gasteiger partial charge in [0, 0.05) is 29.1 Å². The van der Waals surface area contributed by atoms with E-state index in [2.05, 4.69) is 15.3 Å². The van der Waals surface area contributed by atoms with Crippen LogP contribution in [0.15, 0.2) is 23.2 Å². The van der Waals surface area contributed by atoms with Crippen molar-refractivity contribution < 1.29 is 4.79 Å². The molecule has 1 amide bonds. The molecule has 0 bridgehead atoms. The molecule has 0 aliphatic heterocycles. The van der Waals surface area contributed by atoms with Crippen LogP contribution < -0.4 is 5.32 Å². The summed E-state index contributed by atoms with van der Waals surface area (Å²) >= 11 is 3.06. The lowest BCUT2D eigenvalue weighted by Gasteiger charge is -1.98. The second-order valence-electron chi connectivity index (χ2n) is 4.90. The number of imidazole rings is 1. The first kappa shape index (κ1) is 12.0. The Morgan fingerprint density at radius 2 is 2.30 bits per heavy atom. The second kappa shape index (κ2) is 4.68. The monoisotopic (exact) mass is 304 g/mol. The van der Waals surface area contributed by atoms with E-state index in [4.69, 9.17) is 0 Å². The van der Waals surface area contributed by atoms with Crippen molar-refractivity contribution in [1.29, 1.82) is 0 Å². The van der Waals surface area contributed by atoms with E-state index in [0.717, 1.165) is 16.3 Å². The number of hydrogen-bond acceptors (Lipinski definition) is 5. The lowest BCUT2D eigenvalue weighted by molar-refractivity contribution is -0.115. The fraction of sp³-hybridized carbons (Fsp3) is 0.308. The van der Waals surface area contributed by atoms with E-state index in [-0.39, 0.29) is 12.3 Å². The molecule has 7 heteroatoms. The van der Waals surface area contributed by atoms with Crippen molar-refractivity contribution in [1.82, 2.24) is 14.4 Å². The number of nitrogens with one attached hydrogen (secondary N) is 1. The van der Waals surface area contributed by atoms with Crippen LogP contribution in [-0.2, 0) is 11.2 Å². The molecule has 1 N–H and O–H groups in total. The molecular formula is C13H12N4OS2. The molecule has 20 heavy (non-hydrogen) atoms. The van der Waals surface area contributed by atoms with E-state index in [1.165, 1.54) is 24.2 Å². The zero-order valence-corrected chi connectivity index (χ0v) is 12.2. The highest BCUT2D eigenvalue weighted by Gasteiger charge is 2.26. The standard InChI is InChI=1S/C13H12N4OS2/c18-11(5-9-6-17-3-4-19-13(17)14-9)16-12-15-10(7-20-12)8-1-2-8/h3-4,6-8H,1-2,5H2,(H,15,16,18). The molecule has 3 aromatic heterocycles. The van der Waals surface area contributed by atoms with Crippen LogP contribution in [0.5, 0.6) is 0 Å². The molecule has 0 aromatic carbocycles. The van der Waals surface area contributed by atoms with E-state index < -0.39 is 0 Å². The zero-order valence-electron chi connectivity index (χ0n) is 10.6. The van der Waals surface area contributed by atoms with Gasteiger partial charge in [-0.2, -0.15) is 0 Å². The summed E-state index contributed by atoms with van der Waals surface area (Å²) in [6, 6.07) is 0.